The van der Waals surface area contributed by atoms with E-state index >= 15 is 0 Å². The van der Waals surface area contributed by atoms with E-state index in [1.165, 1.54) is 0 Å². The number of rotatable bonds is 14. The molecular weight excluding hydrogens is 562 g/mol. The normalized spacial score (nSPS) is 21.4. The van der Waals surface area contributed by atoms with E-state index in [1.54, 1.807) is 23.8 Å². The van der Waals surface area contributed by atoms with Crippen LogP contribution in [0, 0.1) is 11.3 Å². The Balaban J connectivity index is 2.19. The zero-order valence-electron chi connectivity index (χ0n) is 28.6. The summed E-state index contributed by atoms with van der Waals surface area (Å²) in [4.78, 5) is 59.6. The van der Waals surface area contributed by atoms with Gasteiger partial charge in [-0.05, 0) is 64.3 Å². The maximum atomic E-state index is 14.1. The maximum Gasteiger partial charge on any atom is 0.249 e. The van der Waals surface area contributed by atoms with Gasteiger partial charge in [-0.1, -0.05) is 47.1 Å². The van der Waals surface area contributed by atoms with Gasteiger partial charge in [-0.25, -0.2) is 0 Å². The first kappa shape index (κ1) is 37.7. The van der Waals surface area contributed by atoms with E-state index in [1.807, 2.05) is 40.7 Å². The van der Waals surface area contributed by atoms with Crippen molar-refractivity contribution in [3.63, 3.8) is 0 Å². The number of likely N-dealkylation sites (tertiary alicyclic amines) is 2. The van der Waals surface area contributed by atoms with Gasteiger partial charge < -0.3 is 30.3 Å². The zero-order valence-corrected chi connectivity index (χ0v) is 28.6. The molecule has 1 unspecified atom stereocenters. The van der Waals surface area contributed by atoms with Gasteiger partial charge in [0, 0.05) is 31.8 Å². The second kappa shape index (κ2) is 17.3. The molecule has 44 heavy (non-hydrogen) atoms. The molecule has 252 valence electrons. The summed E-state index contributed by atoms with van der Waals surface area (Å²) < 4.78 is 5.21. The summed E-state index contributed by atoms with van der Waals surface area (Å²) in [5.74, 6) is -0.760. The smallest absolute Gasteiger partial charge is 0.249 e. The third-order valence-corrected chi connectivity index (χ3v) is 8.74. The first-order chi connectivity index (χ1) is 20.6. The highest BCUT2D eigenvalue weighted by atomic mass is 16.5. The Morgan fingerprint density at radius 1 is 0.977 bits per heavy atom. The Morgan fingerprint density at radius 2 is 1.64 bits per heavy atom. The van der Waals surface area contributed by atoms with Gasteiger partial charge in [0.25, 0.3) is 0 Å². The van der Waals surface area contributed by atoms with E-state index in [2.05, 4.69) is 29.4 Å². The summed E-state index contributed by atoms with van der Waals surface area (Å²) >= 11 is 0. The van der Waals surface area contributed by atoms with Gasteiger partial charge in [0.1, 0.15) is 12.1 Å². The van der Waals surface area contributed by atoms with Gasteiger partial charge in [0.2, 0.25) is 23.6 Å². The summed E-state index contributed by atoms with van der Waals surface area (Å²) in [6, 6.07) is -1.72. The number of hydrogen-bond acceptors (Lipinski definition) is 7. The van der Waals surface area contributed by atoms with Crippen LogP contribution in [0.1, 0.15) is 87.5 Å². The Morgan fingerprint density at radius 3 is 2.23 bits per heavy atom. The van der Waals surface area contributed by atoms with Gasteiger partial charge in [-0.15, -0.1) is 0 Å². The quantitative estimate of drug-likeness (QED) is 0.200. The fraction of sp³-hybridized carbons (Fsp3) is 0.818. The molecule has 0 radical (unpaired) electrons. The molecule has 0 aliphatic carbocycles. The molecule has 11 heteroatoms. The van der Waals surface area contributed by atoms with Crippen molar-refractivity contribution in [2.24, 2.45) is 11.3 Å². The van der Waals surface area contributed by atoms with Crippen LogP contribution in [0.4, 0.5) is 0 Å². The first-order valence-electron chi connectivity index (χ1n) is 16.4. The van der Waals surface area contributed by atoms with Gasteiger partial charge in [-0.3, -0.25) is 24.1 Å². The molecular formula is C33H59N5O6. The van der Waals surface area contributed by atoms with Crippen LogP contribution in [0.5, 0.6) is 0 Å². The van der Waals surface area contributed by atoms with Crippen molar-refractivity contribution in [3.8, 4) is 0 Å². The molecule has 2 rings (SSSR count). The summed E-state index contributed by atoms with van der Waals surface area (Å²) in [6.45, 7) is 17.9. The predicted molar refractivity (Wildman–Crippen MR) is 172 cm³/mol. The summed E-state index contributed by atoms with van der Waals surface area (Å²) in [6.07, 6.45) is 5.96. The number of carbonyl (C=O) groups is 4. The van der Waals surface area contributed by atoms with Crippen molar-refractivity contribution in [3.05, 3.63) is 11.6 Å². The molecule has 3 N–H and O–H groups in total. The maximum absolute atomic E-state index is 14.1. The molecule has 0 bridgehead atoms. The number of amides is 4. The fourth-order valence-corrected chi connectivity index (χ4v) is 6.21. The first-order valence-corrected chi connectivity index (χ1v) is 16.4. The van der Waals surface area contributed by atoms with Gasteiger partial charge in [0.15, 0.2) is 0 Å². The molecule has 2 fully saturated rings. The highest BCUT2D eigenvalue weighted by Gasteiger charge is 2.40. The molecule has 0 aromatic rings. The average Bonchev–Trinajstić information content (AvgIpc) is 3.46. The molecule has 4 amide bonds. The second-order valence-electron chi connectivity index (χ2n) is 14.0. The summed E-state index contributed by atoms with van der Waals surface area (Å²) in [5, 5.41) is 14.8. The van der Waals surface area contributed by atoms with E-state index in [-0.39, 0.29) is 61.5 Å². The van der Waals surface area contributed by atoms with E-state index in [0.717, 1.165) is 32.2 Å². The van der Waals surface area contributed by atoms with E-state index < -0.39 is 23.5 Å². The van der Waals surface area contributed by atoms with Crippen LogP contribution in [0.15, 0.2) is 11.6 Å². The van der Waals surface area contributed by atoms with Crippen LogP contribution in [0.3, 0.4) is 0 Å². The number of nitrogens with one attached hydrogen (secondary N) is 2. The molecule has 0 aromatic heterocycles. The largest absolute Gasteiger partial charge is 0.394 e. The van der Waals surface area contributed by atoms with Crippen LogP contribution in [-0.4, -0.2) is 120 Å². The van der Waals surface area contributed by atoms with Crippen molar-refractivity contribution < 1.29 is 29.0 Å². The third-order valence-electron chi connectivity index (χ3n) is 8.74. The average molecular weight is 622 g/mol. The van der Waals surface area contributed by atoms with Gasteiger partial charge in [-0.2, -0.15) is 0 Å². The lowest BCUT2D eigenvalue weighted by molar-refractivity contribution is -0.142. The van der Waals surface area contributed by atoms with Crippen LogP contribution < -0.4 is 10.6 Å². The molecule has 2 aliphatic rings. The van der Waals surface area contributed by atoms with E-state index in [9.17, 15) is 19.2 Å². The minimum Gasteiger partial charge on any atom is -0.394 e. The van der Waals surface area contributed by atoms with E-state index in [4.69, 9.17) is 9.84 Å². The fourth-order valence-electron chi connectivity index (χ4n) is 6.21. The van der Waals surface area contributed by atoms with Crippen LogP contribution in [0.2, 0.25) is 0 Å². The van der Waals surface area contributed by atoms with Gasteiger partial charge >= 0.3 is 0 Å². The highest BCUT2D eigenvalue weighted by Crippen LogP contribution is 2.26. The van der Waals surface area contributed by atoms with Crippen molar-refractivity contribution >= 4 is 23.6 Å². The van der Waals surface area contributed by atoms with Crippen molar-refractivity contribution in [1.82, 2.24) is 25.3 Å². The Labute approximate surface area is 265 Å². The molecule has 2 saturated heterocycles. The molecule has 2 aliphatic heterocycles. The molecule has 4 atom stereocenters. The number of aliphatic hydroxyl groups is 1. The molecule has 0 aromatic carbocycles. The van der Waals surface area contributed by atoms with Crippen LogP contribution in [0.25, 0.3) is 0 Å². The lowest BCUT2D eigenvalue weighted by Gasteiger charge is -2.41. The third kappa shape index (κ3) is 10.3. The standard InChI is InChI=1S/C33H59N5O6/c1-22(2)27(21-24(5)31(42)38-17-12-14-25(38)29(40)34-15-19-44-20-18-39)36(9)32(43)28(33(6,7)8)35-30(41)26-13-10-11-16-37(26)23(3)4/h21-23,25-28,39H,10-20H2,1-9H3,(H,34,40)(H,35,41)/b24-21+/t25-,26+,27?,28+/m0/s1. The number of nitrogens with zero attached hydrogens (tertiary/aromatic N) is 3. The SMILES string of the molecule is C/C(=C\C(C(C)C)N(C)C(=O)[C@@H](NC(=O)[C@H]1CCCCN1C(C)C)C(C)(C)C)C(=O)N1CCC[C@H]1C(=O)NCCOCCO. The second-order valence-corrected chi connectivity index (χ2v) is 14.0. The summed E-state index contributed by atoms with van der Waals surface area (Å²) in [5.41, 5.74) is -0.0614. The number of aliphatic hydroxyl groups excluding tert-OH is 1. The van der Waals surface area contributed by atoms with Crippen molar-refractivity contribution in [2.45, 2.75) is 118 Å². The number of hydrogen-bond donors (Lipinski definition) is 3. The minimum absolute atomic E-state index is 0.00519. The molecule has 11 nitrogen and oxygen atoms in total. The Kier molecular flexibility index (Phi) is 14.8. The number of likely N-dealkylation sites (N-methyl/N-ethyl adjacent to an activating group) is 1. The monoisotopic (exact) mass is 621 g/mol. The summed E-state index contributed by atoms with van der Waals surface area (Å²) in [7, 11) is 1.73. The van der Waals surface area contributed by atoms with Crippen molar-refractivity contribution in [2.75, 3.05) is 46.5 Å². The minimum atomic E-state index is -0.741. The predicted octanol–water partition coefficient (Wildman–Crippen LogP) is 2.33. The van der Waals surface area contributed by atoms with Crippen LogP contribution in [-0.2, 0) is 23.9 Å². The van der Waals surface area contributed by atoms with E-state index in [0.29, 0.717) is 25.1 Å². The number of piperidine rings is 1. The van der Waals surface area contributed by atoms with Gasteiger partial charge in [0.05, 0.1) is 31.9 Å². The highest BCUT2D eigenvalue weighted by molar-refractivity contribution is 5.97. The van der Waals surface area contributed by atoms with Crippen LogP contribution >= 0.6 is 0 Å². The molecule has 2 heterocycles. The molecule has 0 spiro atoms. The Bertz CT molecular complexity index is 1010. The Hall–Kier alpha value is -2.50. The topological polar surface area (TPSA) is 132 Å². The lowest BCUT2D eigenvalue weighted by Crippen LogP contribution is -2.60. The molecule has 0 saturated carbocycles. The lowest BCUT2D eigenvalue weighted by atomic mass is 9.84. The number of ether oxygens (including phenoxy) is 1. The number of carbonyl (C=O) groups excluding carboxylic acids is 4. The zero-order chi connectivity index (χ0) is 33.2. The van der Waals surface area contributed by atoms with Crippen molar-refractivity contribution in [1.29, 1.82) is 0 Å².